The van der Waals surface area contributed by atoms with Crippen molar-refractivity contribution < 1.29 is 28.5 Å². The summed E-state index contributed by atoms with van der Waals surface area (Å²) in [5.74, 6) is 0.593. The molecule has 148 valence electrons. The van der Waals surface area contributed by atoms with Gasteiger partial charge >= 0.3 is 5.97 Å². The Morgan fingerprint density at radius 3 is 2.79 bits per heavy atom. The molecule has 0 aliphatic carbocycles. The van der Waals surface area contributed by atoms with E-state index in [1.165, 1.54) is 6.20 Å². The summed E-state index contributed by atoms with van der Waals surface area (Å²) in [4.78, 5) is 30.4. The van der Waals surface area contributed by atoms with Gasteiger partial charge in [0.15, 0.2) is 18.1 Å². The molecule has 1 aromatic carbocycles. The van der Waals surface area contributed by atoms with E-state index in [-0.39, 0.29) is 30.8 Å². The number of amides is 1. The number of likely N-dealkylation sites (N-methyl/N-ethyl adjacent to an activating group) is 1. The highest BCUT2D eigenvalue weighted by molar-refractivity contribution is 5.93. The average molecular weight is 386 g/mol. The molecule has 2 heterocycles. The molecule has 28 heavy (non-hydrogen) atoms. The molecule has 0 N–H and O–H groups in total. The van der Waals surface area contributed by atoms with Gasteiger partial charge in [-0.15, -0.1) is 0 Å². The Balaban J connectivity index is 1.59. The van der Waals surface area contributed by atoms with Crippen LogP contribution in [0, 0.1) is 0 Å². The van der Waals surface area contributed by atoms with Crippen LogP contribution in [0.4, 0.5) is 0 Å². The standard InChI is InChI=1S/C20H22N2O6/c1-3-22(11-14-7-8-16-17(10-14)28-13-27-16)18(23)12-26-20(24)15-6-5-9-21-19(15)25-4-2/h5-10H,3-4,11-13H2,1-2H3. The number of nitrogens with zero attached hydrogens (tertiary/aromatic N) is 2. The third-order valence-electron chi connectivity index (χ3n) is 4.14. The van der Waals surface area contributed by atoms with E-state index in [4.69, 9.17) is 18.9 Å². The van der Waals surface area contributed by atoms with Gasteiger partial charge in [-0.25, -0.2) is 9.78 Å². The van der Waals surface area contributed by atoms with Crippen LogP contribution >= 0.6 is 0 Å². The zero-order valence-corrected chi connectivity index (χ0v) is 15.8. The quantitative estimate of drug-likeness (QED) is 0.644. The van der Waals surface area contributed by atoms with Crippen molar-refractivity contribution in [2.75, 3.05) is 26.6 Å². The van der Waals surface area contributed by atoms with Gasteiger partial charge in [0.25, 0.3) is 5.91 Å². The first kappa shape index (κ1) is 19.5. The average Bonchev–Trinajstić information content (AvgIpc) is 3.18. The summed E-state index contributed by atoms with van der Waals surface area (Å²) in [6, 6.07) is 8.69. The number of pyridine rings is 1. The molecule has 0 radical (unpaired) electrons. The van der Waals surface area contributed by atoms with Gasteiger partial charge in [-0.05, 0) is 43.7 Å². The first-order valence-electron chi connectivity index (χ1n) is 9.03. The van der Waals surface area contributed by atoms with Crippen molar-refractivity contribution in [3.8, 4) is 17.4 Å². The minimum Gasteiger partial charge on any atom is -0.477 e. The Morgan fingerprint density at radius 1 is 1.18 bits per heavy atom. The van der Waals surface area contributed by atoms with Gasteiger partial charge in [0.1, 0.15) is 5.56 Å². The summed E-state index contributed by atoms with van der Waals surface area (Å²) in [7, 11) is 0. The van der Waals surface area contributed by atoms with Crippen LogP contribution in [0.5, 0.6) is 17.4 Å². The maximum absolute atomic E-state index is 12.5. The highest BCUT2D eigenvalue weighted by atomic mass is 16.7. The second kappa shape index (κ2) is 9.07. The molecule has 1 amide bonds. The minimum absolute atomic E-state index is 0.190. The van der Waals surface area contributed by atoms with Gasteiger partial charge in [0.2, 0.25) is 12.7 Å². The largest absolute Gasteiger partial charge is 0.477 e. The van der Waals surface area contributed by atoms with Crippen molar-refractivity contribution in [2.24, 2.45) is 0 Å². The molecule has 0 saturated heterocycles. The first-order valence-corrected chi connectivity index (χ1v) is 9.03. The van der Waals surface area contributed by atoms with E-state index in [0.717, 1.165) is 5.56 Å². The van der Waals surface area contributed by atoms with Crippen LogP contribution in [-0.4, -0.2) is 48.3 Å². The number of ether oxygens (including phenoxy) is 4. The number of aromatic nitrogens is 1. The van der Waals surface area contributed by atoms with Crippen LogP contribution in [0.2, 0.25) is 0 Å². The molecule has 0 spiro atoms. The Bertz CT molecular complexity index is 854. The highest BCUT2D eigenvalue weighted by Gasteiger charge is 2.20. The van der Waals surface area contributed by atoms with Crippen molar-refractivity contribution in [1.29, 1.82) is 0 Å². The van der Waals surface area contributed by atoms with Crippen molar-refractivity contribution in [3.63, 3.8) is 0 Å². The molecule has 1 aromatic heterocycles. The molecule has 0 bridgehead atoms. The lowest BCUT2D eigenvalue weighted by Gasteiger charge is -2.21. The van der Waals surface area contributed by atoms with Crippen LogP contribution in [0.25, 0.3) is 0 Å². The molecule has 0 saturated carbocycles. The van der Waals surface area contributed by atoms with E-state index in [1.54, 1.807) is 24.0 Å². The summed E-state index contributed by atoms with van der Waals surface area (Å²) in [6.45, 7) is 4.71. The fourth-order valence-corrected chi connectivity index (χ4v) is 2.73. The van der Waals surface area contributed by atoms with Gasteiger partial charge in [-0.1, -0.05) is 6.07 Å². The summed E-state index contributed by atoms with van der Waals surface area (Å²) in [6.07, 6.45) is 1.52. The molecule has 3 rings (SSSR count). The first-order chi connectivity index (χ1) is 13.6. The maximum Gasteiger partial charge on any atom is 0.344 e. The van der Waals surface area contributed by atoms with Gasteiger partial charge in [0, 0.05) is 19.3 Å². The fraction of sp³-hybridized carbons (Fsp3) is 0.350. The third-order valence-corrected chi connectivity index (χ3v) is 4.14. The second-order valence-corrected chi connectivity index (χ2v) is 5.96. The van der Waals surface area contributed by atoms with Gasteiger partial charge in [-0.2, -0.15) is 0 Å². The Labute approximate surface area is 163 Å². The third kappa shape index (κ3) is 4.51. The normalized spacial score (nSPS) is 11.8. The molecule has 8 nitrogen and oxygen atoms in total. The molecule has 0 atom stereocenters. The Morgan fingerprint density at radius 2 is 2.00 bits per heavy atom. The Kier molecular flexibility index (Phi) is 6.31. The number of carbonyl (C=O) groups excluding carboxylic acids is 2. The van der Waals surface area contributed by atoms with Gasteiger partial charge in [0.05, 0.1) is 6.61 Å². The van der Waals surface area contributed by atoms with Crippen molar-refractivity contribution >= 4 is 11.9 Å². The van der Waals surface area contributed by atoms with Crippen LogP contribution < -0.4 is 14.2 Å². The highest BCUT2D eigenvalue weighted by Crippen LogP contribution is 2.32. The number of hydrogen-bond acceptors (Lipinski definition) is 7. The van der Waals surface area contributed by atoms with Crippen LogP contribution in [0.3, 0.4) is 0 Å². The molecule has 0 unspecified atom stereocenters. The maximum atomic E-state index is 12.5. The van der Waals surface area contributed by atoms with Crippen molar-refractivity contribution in [3.05, 3.63) is 47.7 Å². The number of benzene rings is 1. The lowest BCUT2D eigenvalue weighted by molar-refractivity contribution is -0.134. The lowest BCUT2D eigenvalue weighted by Crippen LogP contribution is -2.34. The SMILES string of the molecule is CCOc1ncccc1C(=O)OCC(=O)N(CC)Cc1ccc2c(c1)OCO2. The molecular formula is C20H22N2O6. The smallest absolute Gasteiger partial charge is 0.344 e. The predicted octanol–water partition coefficient (Wildman–Crippen LogP) is 2.41. The fourth-order valence-electron chi connectivity index (χ4n) is 2.73. The molecule has 8 heteroatoms. The Hall–Kier alpha value is -3.29. The number of rotatable bonds is 8. The number of fused-ring (bicyclic) bond motifs is 1. The zero-order chi connectivity index (χ0) is 19.9. The van der Waals surface area contributed by atoms with Crippen LogP contribution in [0.15, 0.2) is 36.5 Å². The lowest BCUT2D eigenvalue weighted by atomic mass is 10.2. The molecule has 0 fully saturated rings. The topological polar surface area (TPSA) is 87.2 Å². The van der Waals surface area contributed by atoms with Crippen molar-refractivity contribution in [2.45, 2.75) is 20.4 Å². The minimum atomic E-state index is -0.649. The monoisotopic (exact) mass is 386 g/mol. The van der Waals surface area contributed by atoms with E-state index in [0.29, 0.717) is 31.2 Å². The van der Waals surface area contributed by atoms with Crippen molar-refractivity contribution in [1.82, 2.24) is 9.88 Å². The predicted molar refractivity (Wildman–Crippen MR) is 99.3 cm³/mol. The van der Waals surface area contributed by atoms with E-state index >= 15 is 0 Å². The van der Waals surface area contributed by atoms with Crippen LogP contribution in [-0.2, 0) is 16.1 Å². The van der Waals surface area contributed by atoms with Gasteiger partial charge < -0.3 is 23.8 Å². The van der Waals surface area contributed by atoms with Gasteiger partial charge in [-0.3, -0.25) is 4.79 Å². The van der Waals surface area contributed by atoms with E-state index in [1.807, 2.05) is 25.1 Å². The summed E-state index contributed by atoms with van der Waals surface area (Å²) < 4.78 is 21.1. The summed E-state index contributed by atoms with van der Waals surface area (Å²) in [5, 5.41) is 0. The second-order valence-electron chi connectivity index (χ2n) is 5.96. The van der Waals surface area contributed by atoms with E-state index in [2.05, 4.69) is 4.98 Å². The zero-order valence-electron chi connectivity index (χ0n) is 15.8. The molecular weight excluding hydrogens is 364 g/mol. The molecule has 1 aliphatic rings. The van der Waals surface area contributed by atoms with Crippen LogP contribution in [0.1, 0.15) is 29.8 Å². The molecule has 2 aromatic rings. The van der Waals surface area contributed by atoms with E-state index < -0.39 is 5.97 Å². The number of hydrogen-bond donors (Lipinski definition) is 0. The van der Waals surface area contributed by atoms with E-state index in [9.17, 15) is 9.59 Å². The number of carbonyl (C=O) groups is 2. The molecule has 1 aliphatic heterocycles. The number of esters is 1. The summed E-state index contributed by atoms with van der Waals surface area (Å²) >= 11 is 0. The summed E-state index contributed by atoms with van der Waals surface area (Å²) in [5.41, 5.74) is 1.09.